The lowest BCUT2D eigenvalue weighted by Gasteiger charge is -2.16. The van der Waals surface area contributed by atoms with E-state index >= 15 is 0 Å². The number of nitrogens with one attached hydrogen (secondary N) is 1. The van der Waals surface area contributed by atoms with Gasteiger partial charge in [-0.15, -0.1) is 11.3 Å². The maximum absolute atomic E-state index is 11.8. The second-order valence-corrected chi connectivity index (χ2v) is 6.71. The third kappa shape index (κ3) is 5.30. The van der Waals surface area contributed by atoms with Crippen LogP contribution in [0.1, 0.15) is 23.8 Å². The van der Waals surface area contributed by atoms with Crippen LogP contribution in [-0.4, -0.2) is 38.0 Å². The van der Waals surface area contributed by atoms with Crippen LogP contribution in [-0.2, 0) is 16.8 Å². The first-order chi connectivity index (χ1) is 8.99. The summed E-state index contributed by atoms with van der Waals surface area (Å²) in [7, 11) is -1.88. The Morgan fingerprint density at radius 1 is 1.53 bits per heavy atom. The molecule has 0 spiro atoms. The van der Waals surface area contributed by atoms with Gasteiger partial charge in [-0.25, -0.2) is 4.72 Å². The Kier molecular flexibility index (Phi) is 6.48. The van der Waals surface area contributed by atoms with E-state index in [1.807, 2.05) is 18.4 Å². The van der Waals surface area contributed by atoms with Crippen LogP contribution in [0.4, 0.5) is 0 Å². The van der Waals surface area contributed by atoms with Gasteiger partial charge in [0, 0.05) is 20.1 Å². The largest absolute Gasteiger partial charge is 0.384 e. The molecule has 0 saturated carbocycles. The van der Waals surface area contributed by atoms with Crippen LogP contribution < -0.4 is 4.72 Å². The zero-order valence-corrected chi connectivity index (χ0v) is 12.6. The molecule has 1 rings (SSSR count). The van der Waals surface area contributed by atoms with E-state index in [4.69, 9.17) is 5.11 Å². The van der Waals surface area contributed by atoms with E-state index in [0.29, 0.717) is 13.1 Å². The summed E-state index contributed by atoms with van der Waals surface area (Å²) in [5, 5.41) is 10.5. The van der Waals surface area contributed by atoms with Gasteiger partial charge in [-0.05, 0) is 23.4 Å². The number of hydrogen-bond donors (Lipinski definition) is 2. The van der Waals surface area contributed by atoms with Gasteiger partial charge < -0.3 is 5.11 Å². The number of thiophene rings is 1. The van der Waals surface area contributed by atoms with Crippen molar-refractivity contribution in [2.45, 2.75) is 19.9 Å². The van der Waals surface area contributed by atoms with Crippen molar-refractivity contribution in [2.24, 2.45) is 0 Å². The molecule has 0 aliphatic heterocycles. The van der Waals surface area contributed by atoms with Crippen LogP contribution in [0.2, 0.25) is 0 Å². The minimum absolute atomic E-state index is 0.178. The molecule has 0 aliphatic rings. The third-order valence-electron chi connectivity index (χ3n) is 2.29. The van der Waals surface area contributed by atoms with Crippen LogP contribution >= 0.6 is 11.3 Å². The first kappa shape index (κ1) is 16.1. The van der Waals surface area contributed by atoms with Gasteiger partial charge in [-0.3, -0.25) is 0 Å². The molecule has 0 atom stereocenters. The van der Waals surface area contributed by atoms with Crippen molar-refractivity contribution in [1.29, 1.82) is 0 Å². The van der Waals surface area contributed by atoms with Crippen molar-refractivity contribution in [3.05, 3.63) is 21.9 Å². The van der Waals surface area contributed by atoms with Crippen molar-refractivity contribution in [2.75, 3.05) is 20.2 Å². The second-order valence-electron chi connectivity index (χ2n) is 3.93. The molecule has 0 bridgehead atoms. The predicted octanol–water partition coefficient (Wildman–Crippen LogP) is 0.768. The second kappa shape index (κ2) is 7.62. The smallest absolute Gasteiger partial charge is 0.279 e. The van der Waals surface area contributed by atoms with Gasteiger partial charge in [0.15, 0.2) is 0 Å². The van der Waals surface area contributed by atoms with Crippen molar-refractivity contribution >= 4 is 21.5 Å². The maximum Gasteiger partial charge on any atom is 0.279 e. The monoisotopic (exact) mass is 302 g/mol. The summed E-state index contributed by atoms with van der Waals surface area (Å²) in [6, 6.07) is 1.83. The molecule has 0 aliphatic carbocycles. The highest BCUT2D eigenvalue weighted by Gasteiger charge is 2.17. The van der Waals surface area contributed by atoms with Gasteiger partial charge in [-0.2, -0.15) is 12.7 Å². The van der Waals surface area contributed by atoms with Gasteiger partial charge in [0.2, 0.25) is 0 Å². The summed E-state index contributed by atoms with van der Waals surface area (Å²) < 4.78 is 27.4. The van der Waals surface area contributed by atoms with Gasteiger partial charge in [0.25, 0.3) is 10.2 Å². The van der Waals surface area contributed by atoms with Crippen molar-refractivity contribution in [3.8, 4) is 11.8 Å². The summed E-state index contributed by atoms with van der Waals surface area (Å²) in [5.74, 6) is 5.36. The number of aliphatic hydroxyl groups excluding tert-OH is 1. The average molecular weight is 302 g/mol. The molecule has 19 heavy (non-hydrogen) atoms. The van der Waals surface area contributed by atoms with Gasteiger partial charge in [0.1, 0.15) is 6.61 Å². The van der Waals surface area contributed by atoms with E-state index in [0.717, 1.165) is 16.9 Å². The minimum atomic E-state index is -3.42. The molecular formula is C12H18N2O3S2. The minimum Gasteiger partial charge on any atom is -0.384 e. The SMILES string of the molecule is CCCNS(=O)(=O)N(C)Cc1csc(C#CCO)c1. The van der Waals surface area contributed by atoms with Crippen molar-refractivity contribution in [3.63, 3.8) is 0 Å². The summed E-state index contributed by atoms with van der Waals surface area (Å²) >= 11 is 1.43. The summed E-state index contributed by atoms with van der Waals surface area (Å²) in [6.07, 6.45) is 0.756. The maximum atomic E-state index is 11.8. The van der Waals surface area contributed by atoms with E-state index in [2.05, 4.69) is 16.6 Å². The topological polar surface area (TPSA) is 69.6 Å². The molecule has 0 amide bonds. The third-order valence-corrected chi connectivity index (χ3v) is 4.71. The predicted molar refractivity (Wildman–Crippen MR) is 77.0 cm³/mol. The van der Waals surface area contributed by atoms with Crippen LogP contribution in [0, 0.1) is 11.8 Å². The van der Waals surface area contributed by atoms with Gasteiger partial charge >= 0.3 is 0 Å². The first-order valence-corrected chi connectivity index (χ1v) is 8.19. The molecule has 0 unspecified atom stereocenters. The highest BCUT2D eigenvalue weighted by Crippen LogP contribution is 2.15. The lowest BCUT2D eigenvalue weighted by atomic mass is 10.3. The molecule has 1 aromatic heterocycles. The Morgan fingerprint density at radius 3 is 2.89 bits per heavy atom. The fraction of sp³-hybridized carbons (Fsp3) is 0.500. The Morgan fingerprint density at radius 2 is 2.26 bits per heavy atom. The fourth-order valence-corrected chi connectivity index (χ4v) is 3.11. The molecule has 0 fully saturated rings. The van der Waals surface area contributed by atoms with Gasteiger partial charge in [-0.1, -0.05) is 18.8 Å². The van der Waals surface area contributed by atoms with Crippen molar-refractivity contribution in [1.82, 2.24) is 9.03 Å². The van der Waals surface area contributed by atoms with E-state index in [1.54, 1.807) is 0 Å². The quantitative estimate of drug-likeness (QED) is 0.763. The number of nitrogens with zero attached hydrogens (tertiary/aromatic N) is 1. The van der Waals surface area contributed by atoms with E-state index < -0.39 is 10.2 Å². The molecule has 2 N–H and O–H groups in total. The molecule has 0 aromatic carbocycles. The molecule has 0 radical (unpaired) electrons. The fourth-order valence-electron chi connectivity index (χ4n) is 1.33. The Bertz CT molecular complexity index is 555. The van der Waals surface area contributed by atoms with Crippen LogP contribution in [0.3, 0.4) is 0 Å². The zero-order chi connectivity index (χ0) is 14.3. The molecular weight excluding hydrogens is 284 g/mol. The number of hydrogen-bond acceptors (Lipinski definition) is 4. The van der Waals surface area contributed by atoms with E-state index in [-0.39, 0.29) is 6.61 Å². The number of rotatable bonds is 6. The Balaban J connectivity index is 2.66. The van der Waals surface area contributed by atoms with E-state index in [9.17, 15) is 8.42 Å². The standard InChI is InChI=1S/C12H18N2O3S2/c1-3-6-13-19(16,17)14(2)9-11-8-12(18-10-11)5-4-7-15/h8,10,13,15H,3,6-7,9H2,1-2H3. The normalized spacial score (nSPS) is 11.4. The van der Waals surface area contributed by atoms with Crippen LogP contribution in [0.5, 0.6) is 0 Å². The van der Waals surface area contributed by atoms with Crippen molar-refractivity contribution < 1.29 is 13.5 Å². The highest BCUT2D eigenvalue weighted by atomic mass is 32.2. The lowest BCUT2D eigenvalue weighted by Crippen LogP contribution is -2.37. The van der Waals surface area contributed by atoms with Crippen LogP contribution in [0.15, 0.2) is 11.4 Å². The molecule has 7 heteroatoms. The Labute approximate surface area is 118 Å². The zero-order valence-electron chi connectivity index (χ0n) is 11.0. The Hall–Kier alpha value is -0.910. The molecule has 5 nitrogen and oxygen atoms in total. The molecule has 1 heterocycles. The summed E-state index contributed by atoms with van der Waals surface area (Å²) in [4.78, 5) is 0.816. The molecule has 106 valence electrons. The molecule has 1 aromatic rings. The average Bonchev–Trinajstić information content (AvgIpc) is 2.81. The van der Waals surface area contributed by atoms with Gasteiger partial charge in [0.05, 0.1) is 4.88 Å². The van der Waals surface area contributed by atoms with Crippen LogP contribution in [0.25, 0.3) is 0 Å². The summed E-state index contributed by atoms with van der Waals surface area (Å²) in [5.41, 5.74) is 0.886. The lowest BCUT2D eigenvalue weighted by molar-refractivity contribution is 0.350. The first-order valence-electron chi connectivity index (χ1n) is 5.87. The highest BCUT2D eigenvalue weighted by molar-refractivity contribution is 7.87. The summed E-state index contributed by atoms with van der Waals surface area (Å²) in [6.45, 7) is 2.47. The molecule has 0 saturated heterocycles. The van der Waals surface area contributed by atoms with E-state index in [1.165, 1.54) is 22.7 Å². The number of aliphatic hydroxyl groups is 1.